The van der Waals surface area contributed by atoms with E-state index >= 15 is 0 Å². The summed E-state index contributed by atoms with van der Waals surface area (Å²) in [6.45, 7) is 3.93. The number of carbonyl (C=O) groups is 1. The van der Waals surface area contributed by atoms with Gasteiger partial charge in [-0.15, -0.1) is 0 Å². The van der Waals surface area contributed by atoms with Crippen molar-refractivity contribution in [3.63, 3.8) is 0 Å². The van der Waals surface area contributed by atoms with Crippen molar-refractivity contribution >= 4 is 12.0 Å². The zero-order valence-electron chi connectivity index (χ0n) is 8.83. The Bertz CT molecular complexity index is 267. The Morgan fingerprint density at radius 1 is 1.44 bits per heavy atom. The fraction of sp³-hybridized carbons (Fsp3) is 0.556. The van der Waals surface area contributed by atoms with E-state index < -0.39 is 18.1 Å². The minimum absolute atomic E-state index is 0.108. The average Bonchev–Trinajstić information content (AvgIpc) is 2.27. The topological polar surface area (TPSA) is 127 Å². The number of hydrogen-bond donors (Lipinski definition) is 4. The first-order valence-corrected chi connectivity index (χ1v) is 4.29. The summed E-state index contributed by atoms with van der Waals surface area (Å²) in [7, 11) is 0. The fourth-order valence-corrected chi connectivity index (χ4v) is 0.393. The van der Waals surface area contributed by atoms with Crippen molar-refractivity contribution in [2.75, 3.05) is 13.2 Å². The number of aliphatic imine (C=N–C) groups is 1. The van der Waals surface area contributed by atoms with Crippen molar-refractivity contribution in [2.24, 2.45) is 4.99 Å². The highest BCUT2D eigenvalue weighted by Gasteiger charge is 2.11. The summed E-state index contributed by atoms with van der Waals surface area (Å²) in [5.74, 6) is -1.15. The number of carboxylic acid groups (broad SMARTS) is 1. The number of isocyanates is 1. The molecule has 4 N–H and O–H groups in total. The molecule has 0 aliphatic heterocycles. The average molecular weight is 233 g/mol. The van der Waals surface area contributed by atoms with Gasteiger partial charge in [-0.05, 0) is 6.92 Å². The molecule has 0 aromatic heterocycles. The van der Waals surface area contributed by atoms with Crippen molar-refractivity contribution in [3.05, 3.63) is 12.2 Å². The summed E-state index contributed by atoms with van der Waals surface area (Å²) in [5.41, 5.74) is -0.108. The van der Waals surface area contributed by atoms with E-state index in [0.717, 1.165) is 0 Å². The van der Waals surface area contributed by atoms with Gasteiger partial charge in [0, 0.05) is 0 Å². The highest BCUT2D eigenvalue weighted by molar-refractivity contribution is 5.87. The van der Waals surface area contributed by atoms with Crippen LogP contribution in [0.5, 0.6) is 0 Å². The zero-order chi connectivity index (χ0) is 13.1. The summed E-state index contributed by atoms with van der Waals surface area (Å²) in [6.07, 6.45) is 0.300. The van der Waals surface area contributed by atoms with Crippen LogP contribution in [0.2, 0.25) is 0 Å². The first-order chi connectivity index (χ1) is 7.40. The van der Waals surface area contributed by atoms with Crippen LogP contribution >= 0.6 is 0 Å². The van der Waals surface area contributed by atoms with E-state index in [1.807, 2.05) is 0 Å². The molecule has 16 heavy (non-hydrogen) atoms. The number of hydrogen-bond acceptors (Lipinski definition) is 6. The standard InChI is InChI=1S/C6H7NO3.C3H8O3/c1-4(6(9)10)5(2)7-3-8;4-1-3(6)2-5/h5H,1H2,2H3,(H,9,10);3-6H,1-2H2. The molecule has 0 aliphatic carbocycles. The Kier molecular flexibility index (Phi) is 10.6. The number of rotatable bonds is 5. The largest absolute Gasteiger partial charge is 0.478 e. The van der Waals surface area contributed by atoms with E-state index in [2.05, 4.69) is 11.6 Å². The number of aliphatic hydroxyl groups is 3. The predicted octanol–water partition coefficient (Wildman–Crippen LogP) is -1.32. The Balaban J connectivity index is 0. The number of aliphatic hydroxyl groups excluding tert-OH is 3. The van der Waals surface area contributed by atoms with Gasteiger partial charge in [-0.2, -0.15) is 4.99 Å². The van der Waals surface area contributed by atoms with Crippen LogP contribution < -0.4 is 0 Å². The molecule has 1 unspecified atom stereocenters. The van der Waals surface area contributed by atoms with Gasteiger partial charge in [0.2, 0.25) is 6.08 Å². The molecule has 0 bridgehead atoms. The molecule has 7 nitrogen and oxygen atoms in total. The molecule has 0 aliphatic rings. The number of aliphatic carboxylic acids is 1. The van der Waals surface area contributed by atoms with Crippen molar-refractivity contribution in [3.8, 4) is 0 Å². The van der Waals surface area contributed by atoms with Gasteiger partial charge in [0.15, 0.2) is 0 Å². The van der Waals surface area contributed by atoms with Crippen LogP contribution in [0.4, 0.5) is 0 Å². The van der Waals surface area contributed by atoms with Gasteiger partial charge >= 0.3 is 5.97 Å². The van der Waals surface area contributed by atoms with Gasteiger partial charge in [0.05, 0.1) is 24.8 Å². The lowest BCUT2D eigenvalue weighted by molar-refractivity contribution is -0.132. The number of carboxylic acids is 1. The van der Waals surface area contributed by atoms with Crippen molar-refractivity contribution < 1.29 is 30.0 Å². The van der Waals surface area contributed by atoms with E-state index in [1.165, 1.54) is 13.0 Å². The number of nitrogens with zero attached hydrogens (tertiary/aromatic N) is 1. The van der Waals surface area contributed by atoms with Gasteiger partial charge in [-0.25, -0.2) is 9.59 Å². The van der Waals surface area contributed by atoms with Crippen LogP contribution in [0, 0.1) is 0 Å². The summed E-state index contributed by atoms with van der Waals surface area (Å²) in [6, 6.07) is -0.685. The second-order valence-corrected chi connectivity index (χ2v) is 2.75. The molecule has 0 spiro atoms. The van der Waals surface area contributed by atoms with Crippen LogP contribution in [0.25, 0.3) is 0 Å². The monoisotopic (exact) mass is 233 g/mol. The van der Waals surface area contributed by atoms with E-state index in [-0.39, 0.29) is 18.8 Å². The molecule has 0 saturated heterocycles. The van der Waals surface area contributed by atoms with Gasteiger partial charge in [0.25, 0.3) is 0 Å². The molecular weight excluding hydrogens is 218 g/mol. The molecule has 0 amide bonds. The summed E-state index contributed by atoms with van der Waals surface area (Å²) >= 11 is 0. The Hall–Kier alpha value is -1.53. The molecule has 0 aromatic rings. The summed E-state index contributed by atoms with van der Waals surface area (Å²) in [5, 5.41) is 32.3. The fourth-order valence-electron chi connectivity index (χ4n) is 0.393. The van der Waals surface area contributed by atoms with Crippen LogP contribution in [-0.2, 0) is 9.59 Å². The summed E-state index contributed by atoms with van der Waals surface area (Å²) < 4.78 is 0. The molecule has 0 rings (SSSR count). The minimum atomic E-state index is -1.15. The molecule has 0 heterocycles. The third-order valence-electron chi connectivity index (χ3n) is 1.45. The highest BCUT2D eigenvalue weighted by Crippen LogP contribution is 2.01. The first kappa shape index (κ1) is 16.9. The predicted molar refractivity (Wildman–Crippen MR) is 54.5 cm³/mol. The summed E-state index contributed by atoms with van der Waals surface area (Å²) in [4.78, 5) is 22.9. The third-order valence-corrected chi connectivity index (χ3v) is 1.45. The van der Waals surface area contributed by atoms with Crippen LogP contribution in [0.15, 0.2) is 17.1 Å². The van der Waals surface area contributed by atoms with Crippen LogP contribution in [0.3, 0.4) is 0 Å². The Morgan fingerprint density at radius 3 is 2.06 bits per heavy atom. The van der Waals surface area contributed by atoms with Gasteiger partial charge in [0.1, 0.15) is 6.10 Å². The molecule has 0 fully saturated rings. The van der Waals surface area contributed by atoms with Crippen LogP contribution in [0.1, 0.15) is 6.92 Å². The SMILES string of the molecule is C=C(C(=O)O)C(C)N=C=O.OCC(O)CO. The molecule has 0 radical (unpaired) electrons. The van der Waals surface area contributed by atoms with E-state index in [0.29, 0.717) is 0 Å². The lowest BCUT2D eigenvalue weighted by Crippen LogP contribution is -2.15. The second-order valence-electron chi connectivity index (χ2n) is 2.75. The van der Waals surface area contributed by atoms with E-state index in [9.17, 15) is 9.59 Å². The van der Waals surface area contributed by atoms with E-state index in [4.69, 9.17) is 20.4 Å². The quantitative estimate of drug-likeness (QED) is 0.265. The molecule has 0 aromatic carbocycles. The number of carbonyl (C=O) groups excluding carboxylic acids is 1. The first-order valence-electron chi connectivity index (χ1n) is 4.29. The highest BCUT2D eigenvalue weighted by atomic mass is 16.4. The normalized spacial score (nSPS) is 10.8. The van der Waals surface area contributed by atoms with Crippen LogP contribution in [-0.4, -0.2) is 57.8 Å². The van der Waals surface area contributed by atoms with Gasteiger partial charge < -0.3 is 20.4 Å². The second kappa shape index (κ2) is 10.0. The van der Waals surface area contributed by atoms with Crippen molar-refractivity contribution in [1.29, 1.82) is 0 Å². The van der Waals surface area contributed by atoms with Gasteiger partial charge in [-0.3, -0.25) is 0 Å². The minimum Gasteiger partial charge on any atom is -0.478 e. The molecular formula is C9H15NO6. The zero-order valence-corrected chi connectivity index (χ0v) is 8.83. The lowest BCUT2D eigenvalue weighted by atomic mass is 10.2. The van der Waals surface area contributed by atoms with Gasteiger partial charge in [-0.1, -0.05) is 6.58 Å². The smallest absolute Gasteiger partial charge is 0.333 e. The van der Waals surface area contributed by atoms with Crippen molar-refractivity contribution in [1.82, 2.24) is 0 Å². The maximum Gasteiger partial charge on any atom is 0.333 e. The van der Waals surface area contributed by atoms with E-state index in [1.54, 1.807) is 0 Å². The molecule has 92 valence electrons. The molecule has 1 atom stereocenters. The molecule has 0 saturated carbocycles. The van der Waals surface area contributed by atoms with Crippen molar-refractivity contribution in [2.45, 2.75) is 19.1 Å². The molecule has 7 heteroatoms. The third kappa shape index (κ3) is 9.04. The lowest BCUT2D eigenvalue weighted by Gasteiger charge is -2.00. The Morgan fingerprint density at radius 2 is 1.88 bits per heavy atom. The Labute approximate surface area is 92.4 Å². The maximum atomic E-state index is 10.1. The maximum absolute atomic E-state index is 10.1.